The van der Waals surface area contributed by atoms with Crippen LogP contribution in [0.3, 0.4) is 0 Å². The fourth-order valence-electron chi connectivity index (χ4n) is 4.40. The molecule has 2 fully saturated rings. The van der Waals surface area contributed by atoms with E-state index in [4.69, 9.17) is 4.74 Å². The summed E-state index contributed by atoms with van der Waals surface area (Å²) in [6.45, 7) is 4.63. The summed E-state index contributed by atoms with van der Waals surface area (Å²) in [7, 11) is 0. The minimum atomic E-state index is -0.670. The first-order valence-corrected chi connectivity index (χ1v) is 11.7. The second kappa shape index (κ2) is 9.32. The van der Waals surface area contributed by atoms with Crippen molar-refractivity contribution < 1.29 is 19.1 Å². The molecule has 31 heavy (non-hydrogen) atoms. The Balaban J connectivity index is 1.49. The largest absolute Gasteiger partial charge is 0.368 e. The van der Waals surface area contributed by atoms with Gasteiger partial charge in [0.05, 0.1) is 6.10 Å². The third-order valence-corrected chi connectivity index (χ3v) is 6.81. The van der Waals surface area contributed by atoms with Crippen LogP contribution in [0.2, 0.25) is 0 Å². The van der Waals surface area contributed by atoms with Gasteiger partial charge in [-0.1, -0.05) is 32.0 Å². The van der Waals surface area contributed by atoms with E-state index in [1.807, 2.05) is 43.5 Å². The molecule has 2 amide bonds. The Bertz CT molecular complexity index is 939. The van der Waals surface area contributed by atoms with Gasteiger partial charge in [-0.25, -0.2) is 0 Å². The summed E-state index contributed by atoms with van der Waals surface area (Å²) in [6, 6.07) is 10.3. The second-order valence-corrected chi connectivity index (χ2v) is 9.59. The molecule has 3 atom stereocenters. The van der Waals surface area contributed by atoms with Gasteiger partial charge in [-0.05, 0) is 54.3 Å². The molecule has 0 bridgehead atoms. The number of carbonyl (C=O) groups is 3. The lowest BCUT2D eigenvalue weighted by atomic mass is 9.95. The van der Waals surface area contributed by atoms with Gasteiger partial charge in [0.2, 0.25) is 5.91 Å². The lowest BCUT2D eigenvalue weighted by Crippen LogP contribution is -2.58. The second-order valence-electron chi connectivity index (χ2n) is 8.64. The number of carbonyl (C=O) groups excluding carboxylic acids is 3. The molecule has 4 rings (SSSR count). The molecule has 0 saturated carbocycles. The van der Waals surface area contributed by atoms with Gasteiger partial charge in [0, 0.05) is 17.0 Å². The molecule has 0 unspecified atom stereocenters. The topological polar surface area (TPSA) is 75.7 Å². The maximum atomic E-state index is 13.4. The first-order valence-electron chi connectivity index (χ1n) is 10.8. The van der Waals surface area contributed by atoms with Gasteiger partial charge in [0.1, 0.15) is 18.7 Å². The molecule has 2 saturated heterocycles. The zero-order valence-electron chi connectivity index (χ0n) is 17.9. The first kappa shape index (κ1) is 21.7. The smallest absolute Gasteiger partial charge is 0.251 e. The zero-order valence-corrected chi connectivity index (χ0v) is 18.7. The highest BCUT2D eigenvalue weighted by atomic mass is 32.1. The van der Waals surface area contributed by atoms with Gasteiger partial charge in [-0.15, -0.1) is 11.3 Å². The molecule has 2 aliphatic heterocycles. The molecule has 1 aromatic carbocycles. The van der Waals surface area contributed by atoms with E-state index in [9.17, 15) is 14.4 Å². The van der Waals surface area contributed by atoms with Gasteiger partial charge in [-0.3, -0.25) is 14.4 Å². The maximum absolute atomic E-state index is 13.4. The van der Waals surface area contributed by atoms with Crippen molar-refractivity contribution >= 4 is 28.9 Å². The van der Waals surface area contributed by atoms with Crippen molar-refractivity contribution in [3.05, 3.63) is 47.3 Å². The monoisotopic (exact) mass is 440 g/mol. The Labute approximate surface area is 186 Å². The predicted octanol–water partition coefficient (Wildman–Crippen LogP) is 3.52. The summed E-state index contributed by atoms with van der Waals surface area (Å²) in [5, 5.41) is 4.95. The van der Waals surface area contributed by atoms with Gasteiger partial charge < -0.3 is 15.0 Å². The minimum Gasteiger partial charge on any atom is -0.368 e. The molecular formula is C24H28N2O4S. The van der Waals surface area contributed by atoms with Crippen LogP contribution in [0.1, 0.15) is 43.5 Å². The van der Waals surface area contributed by atoms with E-state index in [0.717, 1.165) is 23.3 Å². The molecule has 164 valence electrons. The number of hydrogen-bond acceptors (Lipinski definition) is 5. The molecule has 7 heteroatoms. The van der Waals surface area contributed by atoms with Crippen molar-refractivity contribution in [3.8, 4) is 10.4 Å². The highest BCUT2D eigenvalue weighted by Gasteiger charge is 2.45. The van der Waals surface area contributed by atoms with E-state index in [0.29, 0.717) is 18.5 Å². The zero-order chi connectivity index (χ0) is 22.0. The number of benzene rings is 1. The normalized spacial score (nSPS) is 21.8. The van der Waals surface area contributed by atoms with Crippen LogP contribution in [0.25, 0.3) is 10.4 Å². The predicted molar refractivity (Wildman–Crippen MR) is 120 cm³/mol. The van der Waals surface area contributed by atoms with Crippen LogP contribution < -0.4 is 5.32 Å². The van der Waals surface area contributed by atoms with Crippen LogP contribution in [0.4, 0.5) is 0 Å². The average molecular weight is 441 g/mol. The highest BCUT2D eigenvalue weighted by molar-refractivity contribution is 7.13. The number of thiophene rings is 1. The van der Waals surface area contributed by atoms with Gasteiger partial charge in [-0.2, -0.15) is 0 Å². The Hall–Kier alpha value is -2.51. The lowest BCUT2D eigenvalue weighted by molar-refractivity contribution is -0.142. The first-order chi connectivity index (χ1) is 14.9. The van der Waals surface area contributed by atoms with E-state index in [1.165, 1.54) is 0 Å². The van der Waals surface area contributed by atoms with E-state index in [-0.39, 0.29) is 36.2 Å². The minimum absolute atomic E-state index is 0.0446. The van der Waals surface area contributed by atoms with Crippen molar-refractivity contribution in [2.24, 2.45) is 5.92 Å². The number of ether oxygens (including phenoxy) is 1. The van der Waals surface area contributed by atoms with Crippen molar-refractivity contribution in [1.29, 1.82) is 0 Å². The van der Waals surface area contributed by atoms with E-state index in [2.05, 4.69) is 5.32 Å². The number of rotatable bonds is 6. The quantitative estimate of drug-likeness (QED) is 0.746. The molecule has 1 N–H and O–H groups in total. The number of piperidine rings is 1. The van der Waals surface area contributed by atoms with Gasteiger partial charge >= 0.3 is 0 Å². The molecule has 6 nitrogen and oxygen atoms in total. The number of ketones is 1. The molecule has 1 aromatic heterocycles. The summed E-state index contributed by atoms with van der Waals surface area (Å²) < 4.78 is 5.57. The lowest BCUT2D eigenvalue weighted by Gasteiger charge is -2.37. The SMILES string of the molecule is CC(C)C[C@H](NC(=O)c1ccc(-c2cccs2)cc1)C(=O)N1CCC[C@H]2OCC(=O)[C@H]21. The van der Waals surface area contributed by atoms with Crippen molar-refractivity contribution in [1.82, 2.24) is 10.2 Å². The Morgan fingerprint density at radius 2 is 2.00 bits per heavy atom. The molecule has 2 aromatic rings. The number of fused-ring (bicyclic) bond motifs is 1. The van der Waals surface area contributed by atoms with Crippen molar-refractivity contribution in [3.63, 3.8) is 0 Å². The van der Waals surface area contributed by atoms with Crippen molar-refractivity contribution in [2.75, 3.05) is 13.2 Å². The number of Topliss-reactive ketones (excluding diaryl/α,β-unsaturated/α-hetero) is 1. The number of amides is 2. The summed E-state index contributed by atoms with van der Waals surface area (Å²) in [5.41, 5.74) is 1.57. The molecular weight excluding hydrogens is 412 g/mol. The van der Waals surface area contributed by atoms with E-state index >= 15 is 0 Å². The Morgan fingerprint density at radius 1 is 1.23 bits per heavy atom. The summed E-state index contributed by atoms with van der Waals surface area (Å²) >= 11 is 1.65. The maximum Gasteiger partial charge on any atom is 0.251 e. The van der Waals surface area contributed by atoms with Crippen LogP contribution in [0, 0.1) is 5.92 Å². The average Bonchev–Trinajstić information content (AvgIpc) is 3.43. The Kier molecular flexibility index (Phi) is 6.53. The third-order valence-electron chi connectivity index (χ3n) is 5.89. The number of hydrogen-bond donors (Lipinski definition) is 1. The number of nitrogens with one attached hydrogen (secondary N) is 1. The van der Waals surface area contributed by atoms with E-state index < -0.39 is 12.1 Å². The summed E-state index contributed by atoms with van der Waals surface area (Å²) in [5.74, 6) is -0.298. The molecule has 2 aliphatic rings. The highest BCUT2D eigenvalue weighted by Crippen LogP contribution is 2.28. The summed E-state index contributed by atoms with van der Waals surface area (Å²) in [4.78, 5) is 41.5. The van der Waals surface area contributed by atoms with Crippen molar-refractivity contribution in [2.45, 2.75) is 51.3 Å². The Morgan fingerprint density at radius 3 is 2.68 bits per heavy atom. The van der Waals surface area contributed by atoms with Crippen LogP contribution >= 0.6 is 11.3 Å². The van der Waals surface area contributed by atoms with Crippen LogP contribution in [-0.2, 0) is 14.3 Å². The molecule has 0 aliphatic carbocycles. The fraction of sp³-hybridized carbons (Fsp3) is 0.458. The molecule has 0 spiro atoms. The summed E-state index contributed by atoms with van der Waals surface area (Å²) in [6.07, 6.45) is 1.89. The number of nitrogens with zero attached hydrogens (tertiary/aromatic N) is 1. The van der Waals surface area contributed by atoms with Crippen LogP contribution in [0.15, 0.2) is 41.8 Å². The number of likely N-dealkylation sites (tertiary alicyclic amines) is 1. The van der Waals surface area contributed by atoms with Gasteiger partial charge in [0.25, 0.3) is 5.91 Å². The van der Waals surface area contributed by atoms with Gasteiger partial charge in [0.15, 0.2) is 5.78 Å². The standard InChI is InChI=1S/C24H28N2O4S/c1-15(2)13-18(24(29)26-11-3-5-20-22(26)19(27)14-30-20)25-23(28)17-9-7-16(8-10-17)21-6-4-12-31-21/h4,6-10,12,15,18,20,22H,3,5,11,13-14H2,1-2H3,(H,25,28)/t18-,20+,22+/m0/s1. The van der Waals surface area contributed by atoms with E-state index in [1.54, 1.807) is 28.4 Å². The third kappa shape index (κ3) is 4.72. The fourth-order valence-corrected chi connectivity index (χ4v) is 5.13. The molecule has 3 heterocycles. The molecule has 0 radical (unpaired) electrons. The van der Waals surface area contributed by atoms with Crippen LogP contribution in [0.5, 0.6) is 0 Å². The van der Waals surface area contributed by atoms with Crippen LogP contribution in [-0.4, -0.2) is 53.8 Å².